The molecule has 7 heteroatoms. The van der Waals surface area contributed by atoms with Gasteiger partial charge in [-0.25, -0.2) is 0 Å². The molecule has 0 bridgehead atoms. The van der Waals surface area contributed by atoms with Gasteiger partial charge in [0.2, 0.25) is 0 Å². The van der Waals surface area contributed by atoms with Crippen molar-refractivity contribution in [1.82, 2.24) is 9.59 Å². The highest BCUT2D eigenvalue weighted by Gasteiger charge is 2.12. The molecule has 17 heavy (non-hydrogen) atoms. The van der Waals surface area contributed by atoms with Gasteiger partial charge in [-0.15, -0.1) is 5.10 Å². The van der Waals surface area contributed by atoms with Gasteiger partial charge in [0.1, 0.15) is 0 Å². The summed E-state index contributed by atoms with van der Waals surface area (Å²) in [5, 5.41) is 8.01. The van der Waals surface area contributed by atoms with Gasteiger partial charge >= 0.3 is 0 Å². The normalized spacial score (nSPS) is 10.6. The molecule has 2 aromatic rings. The van der Waals surface area contributed by atoms with Crippen molar-refractivity contribution in [3.8, 4) is 0 Å². The maximum atomic E-state index is 11.0. The number of hydrazone groups is 1. The van der Waals surface area contributed by atoms with E-state index in [9.17, 15) is 4.79 Å². The molecule has 86 valence electrons. The summed E-state index contributed by atoms with van der Waals surface area (Å²) in [5.74, 6) is -0.629. The van der Waals surface area contributed by atoms with Crippen LogP contribution in [-0.4, -0.2) is 21.7 Å². The van der Waals surface area contributed by atoms with Crippen LogP contribution in [0.3, 0.4) is 0 Å². The summed E-state index contributed by atoms with van der Waals surface area (Å²) in [7, 11) is 0. The van der Waals surface area contributed by atoms with E-state index in [1.807, 2.05) is 30.3 Å². The lowest BCUT2D eigenvalue weighted by Gasteiger charge is -1.95. The Bertz CT molecular complexity index is 537. The predicted molar refractivity (Wildman–Crippen MR) is 66.1 cm³/mol. The van der Waals surface area contributed by atoms with Crippen LogP contribution in [0.2, 0.25) is 0 Å². The molecule has 1 aromatic heterocycles. The number of carbonyl (C=O) groups is 1. The van der Waals surface area contributed by atoms with Crippen molar-refractivity contribution < 1.29 is 4.79 Å². The Hall–Kier alpha value is -2.28. The second kappa shape index (κ2) is 5.17. The summed E-state index contributed by atoms with van der Waals surface area (Å²) < 4.78 is 3.62. The summed E-state index contributed by atoms with van der Waals surface area (Å²) in [6.45, 7) is 0. The van der Waals surface area contributed by atoms with E-state index >= 15 is 0 Å². The number of rotatable bonds is 4. The Balaban J connectivity index is 2.05. The van der Waals surface area contributed by atoms with Crippen LogP contribution in [0.5, 0.6) is 0 Å². The Morgan fingerprint density at radius 1 is 1.41 bits per heavy atom. The van der Waals surface area contributed by atoms with Crippen molar-refractivity contribution in [3.05, 3.63) is 41.6 Å². The molecule has 2 rings (SSSR count). The second-order valence-corrected chi connectivity index (χ2v) is 3.85. The molecule has 1 heterocycles. The highest BCUT2D eigenvalue weighted by molar-refractivity contribution is 7.10. The molecule has 0 aliphatic heterocycles. The highest BCUT2D eigenvalue weighted by Crippen LogP contribution is 2.16. The lowest BCUT2D eigenvalue weighted by Crippen LogP contribution is -2.13. The molecule has 1 amide bonds. The fourth-order valence-corrected chi connectivity index (χ4v) is 1.66. The molecule has 3 N–H and O–H groups in total. The first kappa shape index (κ1) is 11.2. The Kier molecular flexibility index (Phi) is 3.41. The van der Waals surface area contributed by atoms with Crippen LogP contribution in [0.25, 0.3) is 0 Å². The molecule has 0 fully saturated rings. The van der Waals surface area contributed by atoms with Crippen LogP contribution in [0, 0.1) is 0 Å². The van der Waals surface area contributed by atoms with Crippen molar-refractivity contribution in [3.63, 3.8) is 0 Å². The van der Waals surface area contributed by atoms with Gasteiger partial charge in [0.05, 0.1) is 6.21 Å². The number of primary amides is 1. The largest absolute Gasteiger partial charge is 0.364 e. The standard InChI is InChI=1S/C10H9N5OS/c11-9(16)8-10(17-15-13-8)14-12-6-7-4-2-1-3-5-7/h1-6,14H,(H2,11,16). The van der Waals surface area contributed by atoms with Crippen LogP contribution in [0.15, 0.2) is 35.4 Å². The highest BCUT2D eigenvalue weighted by atomic mass is 32.1. The quantitative estimate of drug-likeness (QED) is 0.624. The minimum absolute atomic E-state index is 0.0974. The minimum Gasteiger partial charge on any atom is -0.364 e. The summed E-state index contributed by atoms with van der Waals surface area (Å²) in [6, 6.07) is 9.55. The van der Waals surface area contributed by atoms with Gasteiger partial charge < -0.3 is 5.73 Å². The van der Waals surface area contributed by atoms with E-state index < -0.39 is 5.91 Å². The van der Waals surface area contributed by atoms with Crippen molar-refractivity contribution >= 4 is 28.7 Å². The van der Waals surface area contributed by atoms with Crippen LogP contribution in [0.1, 0.15) is 16.1 Å². The zero-order valence-corrected chi connectivity index (χ0v) is 9.52. The average molecular weight is 247 g/mol. The molecule has 1 aromatic carbocycles. The number of hydrogen-bond donors (Lipinski definition) is 2. The average Bonchev–Trinajstić information content (AvgIpc) is 2.79. The molecule has 0 saturated carbocycles. The van der Waals surface area contributed by atoms with Gasteiger partial charge in [0.25, 0.3) is 5.91 Å². The van der Waals surface area contributed by atoms with Crippen molar-refractivity contribution in [2.45, 2.75) is 0 Å². The molecular weight excluding hydrogens is 238 g/mol. The first-order chi connectivity index (χ1) is 8.27. The number of hydrogen-bond acceptors (Lipinski definition) is 6. The molecule has 0 spiro atoms. The van der Waals surface area contributed by atoms with Crippen LogP contribution < -0.4 is 11.2 Å². The second-order valence-electron chi connectivity index (χ2n) is 3.10. The molecule has 0 aliphatic carbocycles. The number of amides is 1. The Morgan fingerprint density at radius 2 is 2.18 bits per heavy atom. The van der Waals surface area contributed by atoms with E-state index in [-0.39, 0.29) is 5.69 Å². The van der Waals surface area contributed by atoms with E-state index in [2.05, 4.69) is 20.1 Å². The van der Waals surface area contributed by atoms with Crippen LogP contribution >= 0.6 is 11.5 Å². The summed E-state index contributed by atoms with van der Waals surface area (Å²) in [4.78, 5) is 11.0. The van der Waals surface area contributed by atoms with Crippen molar-refractivity contribution in [2.24, 2.45) is 10.8 Å². The number of benzene rings is 1. The summed E-state index contributed by atoms with van der Waals surface area (Å²) in [5.41, 5.74) is 8.84. The van der Waals surface area contributed by atoms with Gasteiger partial charge in [-0.3, -0.25) is 10.2 Å². The molecule has 0 unspecified atom stereocenters. The lowest BCUT2D eigenvalue weighted by atomic mass is 10.2. The summed E-state index contributed by atoms with van der Waals surface area (Å²) in [6.07, 6.45) is 1.63. The lowest BCUT2D eigenvalue weighted by molar-refractivity contribution is 0.0996. The van der Waals surface area contributed by atoms with Gasteiger partial charge in [-0.05, 0) is 5.56 Å². The van der Waals surface area contributed by atoms with Crippen molar-refractivity contribution in [2.75, 3.05) is 5.43 Å². The number of aromatic nitrogens is 2. The molecule has 0 atom stereocenters. The van der Waals surface area contributed by atoms with Crippen LogP contribution in [0.4, 0.5) is 5.00 Å². The van der Waals surface area contributed by atoms with Gasteiger partial charge in [-0.1, -0.05) is 34.8 Å². The smallest absolute Gasteiger partial charge is 0.272 e. The Morgan fingerprint density at radius 3 is 2.88 bits per heavy atom. The van der Waals surface area contributed by atoms with Crippen molar-refractivity contribution in [1.29, 1.82) is 0 Å². The zero-order valence-electron chi connectivity index (χ0n) is 8.70. The third-order valence-corrected chi connectivity index (χ3v) is 2.53. The molecule has 0 aliphatic rings. The van der Waals surface area contributed by atoms with Crippen LogP contribution in [-0.2, 0) is 0 Å². The predicted octanol–water partition coefficient (Wildman–Crippen LogP) is 1.08. The SMILES string of the molecule is NC(=O)c1nnsc1NN=Cc1ccccc1. The molecular formula is C10H9N5OS. The number of nitrogens with one attached hydrogen (secondary N) is 1. The maximum Gasteiger partial charge on any atom is 0.272 e. The van der Waals surface area contributed by atoms with Gasteiger partial charge in [0, 0.05) is 11.5 Å². The van der Waals surface area contributed by atoms with E-state index in [0.717, 1.165) is 17.1 Å². The zero-order chi connectivity index (χ0) is 12.1. The first-order valence-corrected chi connectivity index (χ1v) is 5.51. The molecule has 6 nitrogen and oxygen atoms in total. The van der Waals surface area contributed by atoms with Gasteiger partial charge in [-0.2, -0.15) is 5.10 Å². The van der Waals surface area contributed by atoms with Gasteiger partial charge in [0.15, 0.2) is 10.7 Å². The maximum absolute atomic E-state index is 11.0. The number of anilines is 1. The monoisotopic (exact) mass is 247 g/mol. The number of nitrogens with two attached hydrogens (primary N) is 1. The number of carbonyl (C=O) groups excluding carboxylic acids is 1. The molecule has 0 saturated heterocycles. The molecule has 0 radical (unpaired) electrons. The minimum atomic E-state index is -0.629. The first-order valence-electron chi connectivity index (χ1n) is 4.73. The Labute approximate surface area is 101 Å². The van der Waals surface area contributed by atoms with E-state index in [1.54, 1.807) is 6.21 Å². The topological polar surface area (TPSA) is 93.3 Å². The van der Waals surface area contributed by atoms with E-state index in [4.69, 9.17) is 5.73 Å². The third-order valence-electron chi connectivity index (χ3n) is 1.90. The van der Waals surface area contributed by atoms with E-state index in [1.165, 1.54) is 0 Å². The fraction of sp³-hybridized carbons (Fsp3) is 0. The number of nitrogens with zero attached hydrogens (tertiary/aromatic N) is 3. The fourth-order valence-electron chi connectivity index (χ4n) is 1.13. The van der Waals surface area contributed by atoms with E-state index in [0.29, 0.717) is 5.00 Å². The third kappa shape index (κ3) is 2.85. The summed E-state index contributed by atoms with van der Waals surface area (Å²) >= 11 is 1.03.